The van der Waals surface area contributed by atoms with E-state index in [1.807, 2.05) is 0 Å². The van der Waals surface area contributed by atoms with Crippen LogP contribution >= 0.6 is 0 Å². The summed E-state index contributed by atoms with van der Waals surface area (Å²) < 4.78 is 5.24. The molecule has 0 aliphatic carbocycles. The Kier molecular flexibility index (Phi) is 2.55. The summed E-state index contributed by atoms with van der Waals surface area (Å²) in [5.74, 6) is 0.365. The third-order valence-corrected chi connectivity index (χ3v) is 2.43. The van der Waals surface area contributed by atoms with Crippen molar-refractivity contribution in [3.05, 3.63) is 24.2 Å². The summed E-state index contributed by atoms with van der Waals surface area (Å²) in [4.78, 5) is 11.7. The number of amides is 1. The van der Waals surface area contributed by atoms with E-state index in [0.717, 1.165) is 0 Å². The summed E-state index contributed by atoms with van der Waals surface area (Å²) in [5, 5.41) is 5.51. The molecule has 2 N–H and O–H groups in total. The van der Waals surface area contributed by atoms with Gasteiger partial charge >= 0.3 is 0 Å². The zero-order chi connectivity index (χ0) is 10.8. The maximum atomic E-state index is 11.7. The third kappa shape index (κ3) is 1.66. The van der Waals surface area contributed by atoms with Crippen LogP contribution in [0, 0.1) is 5.92 Å². The molecule has 0 spiro atoms. The van der Waals surface area contributed by atoms with E-state index in [1.165, 1.54) is 5.01 Å². The van der Waals surface area contributed by atoms with Crippen molar-refractivity contribution in [2.45, 2.75) is 6.42 Å². The standard InChI is InChI=1S/C10H13N3O2/c1-13-10(14)7(4-5-11)9(12-13)8-3-2-6-15-8/h2-3,6-7H,4-5,11H2,1H3. The topological polar surface area (TPSA) is 71.8 Å². The highest BCUT2D eigenvalue weighted by atomic mass is 16.3. The van der Waals surface area contributed by atoms with Gasteiger partial charge in [-0.2, -0.15) is 5.10 Å². The zero-order valence-corrected chi connectivity index (χ0v) is 8.51. The molecule has 1 aromatic rings. The monoisotopic (exact) mass is 207 g/mol. The fourth-order valence-corrected chi connectivity index (χ4v) is 1.70. The van der Waals surface area contributed by atoms with E-state index in [9.17, 15) is 4.79 Å². The predicted octanol–water partition coefficient (Wildman–Crippen LogP) is 0.421. The highest BCUT2D eigenvalue weighted by molar-refractivity contribution is 6.14. The molecular weight excluding hydrogens is 194 g/mol. The van der Waals surface area contributed by atoms with Crippen molar-refractivity contribution >= 4 is 11.6 Å². The van der Waals surface area contributed by atoms with Crippen molar-refractivity contribution in [2.75, 3.05) is 13.6 Å². The summed E-state index contributed by atoms with van der Waals surface area (Å²) in [7, 11) is 1.64. The van der Waals surface area contributed by atoms with Crippen molar-refractivity contribution in [1.82, 2.24) is 5.01 Å². The van der Waals surface area contributed by atoms with Gasteiger partial charge < -0.3 is 10.2 Å². The molecule has 0 saturated carbocycles. The number of carbonyl (C=O) groups is 1. The van der Waals surface area contributed by atoms with Crippen LogP contribution in [0.3, 0.4) is 0 Å². The van der Waals surface area contributed by atoms with E-state index in [-0.39, 0.29) is 11.8 Å². The van der Waals surface area contributed by atoms with Gasteiger partial charge in [-0.15, -0.1) is 0 Å². The quantitative estimate of drug-likeness (QED) is 0.780. The Hall–Kier alpha value is -1.62. The second kappa shape index (κ2) is 3.86. The van der Waals surface area contributed by atoms with E-state index < -0.39 is 0 Å². The van der Waals surface area contributed by atoms with Gasteiger partial charge in [-0.1, -0.05) is 0 Å². The van der Waals surface area contributed by atoms with E-state index in [4.69, 9.17) is 10.2 Å². The van der Waals surface area contributed by atoms with Crippen molar-refractivity contribution in [3.8, 4) is 0 Å². The number of hydrogen-bond donors (Lipinski definition) is 1. The lowest BCUT2D eigenvalue weighted by atomic mass is 9.98. The number of furan rings is 1. The average Bonchev–Trinajstić information content (AvgIpc) is 2.81. The van der Waals surface area contributed by atoms with Crippen LogP contribution in [-0.4, -0.2) is 30.2 Å². The number of hydrazone groups is 1. The minimum atomic E-state index is -0.258. The first-order valence-corrected chi connectivity index (χ1v) is 4.84. The smallest absolute Gasteiger partial charge is 0.251 e. The number of nitrogens with two attached hydrogens (primary N) is 1. The average molecular weight is 207 g/mol. The Balaban J connectivity index is 2.29. The Morgan fingerprint density at radius 3 is 3.07 bits per heavy atom. The highest BCUT2D eigenvalue weighted by Gasteiger charge is 2.35. The Morgan fingerprint density at radius 2 is 2.47 bits per heavy atom. The van der Waals surface area contributed by atoms with Gasteiger partial charge in [-0.3, -0.25) is 4.79 Å². The first-order valence-electron chi connectivity index (χ1n) is 4.84. The number of nitrogens with zero attached hydrogens (tertiary/aromatic N) is 2. The Labute approximate surface area is 87.5 Å². The lowest BCUT2D eigenvalue weighted by Crippen LogP contribution is -2.27. The van der Waals surface area contributed by atoms with Crippen molar-refractivity contribution < 1.29 is 9.21 Å². The number of rotatable bonds is 3. The van der Waals surface area contributed by atoms with Gasteiger partial charge in [0.1, 0.15) is 5.71 Å². The number of hydrogen-bond acceptors (Lipinski definition) is 4. The van der Waals surface area contributed by atoms with Gasteiger partial charge in [0.2, 0.25) is 0 Å². The van der Waals surface area contributed by atoms with E-state index in [0.29, 0.717) is 24.4 Å². The lowest BCUT2D eigenvalue weighted by Gasteiger charge is -2.08. The molecule has 1 atom stereocenters. The second-order valence-electron chi connectivity index (χ2n) is 3.45. The predicted molar refractivity (Wildman–Crippen MR) is 55.2 cm³/mol. The normalized spacial score (nSPS) is 20.9. The first kappa shape index (κ1) is 9.92. The van der Waals surface area contributed by atoms with Gasteiger partial charge in [0.15, 0.2) is 5.76 Å². The molecule has 1 unspecified atom stereocenters. The molecule has 1 aromatic heterocycles. The van der Waals surface area contributed by atoms with E-state index in [2.05, 4.69) is 5.10 Å². The highest BCUT2D eigenvalue weighted by Crippen LogP contribution is 2.22. The molecular formula is C10H13N3O2. The first-order chi connectivity index (χ1) is 7.24. The largest absolute Gasteiger partial charge is 0.463 e. The van der Waals surface area contributed by atoms with Crippen LogP contribution in [0.25, 0.3) is 0 Å². The summed E-state index contributed by atoms with van der Waals surface area (Å²) in [6.07, 6.45) is 2.17. The van der Waals surface area contributed by atoms with Crippen LogP contribution in [0.4, 0.5) is 0 Å². The molecule has 1 aliphatic rings. The van der Waals surface area contributed by atoms with Crippen molar-refractivity contribution in [2.24, 2.45) is 16.8 Å². The molecule has 5 nitrogen and oxygen atoms in total. The minimum absolute atomic E-state index is 0.0214. The van der Waals surface area contributed by atoms with Crippen LogP contribution in [0.1, 0.15) is 12.2 Å². The van der Waals surface area contributed by atoms with Crippen molar-refractivity contribution in [1.29, 1.82) is 0 Å². The summed E-state index contributed by atoms with van der Waals surface area (Å²) >= 11 is 0. The van der Waals surface area contributed by atoms with E-state index in [1.54, 1.807) is 25.4 Å². The Morgan fingerprint density at radius 1 is 1.67 bits per heavy atom. The molecule has 0 fully saturated rings. The van der Waals surface area contributed by atoms with Crippen LogP contribution in [0.5, 0.6) is 0 Å². The summed E-state index contributed by atoms with van der Waals surface area (Å²) in [6.45, 7) is 0.462. The SMILES string of the molecule is CN1N=C(c2ccco2)C(CCN)C1=O. The molecule has 1 aliphatic heterocycles. The van der Waals surface area contributed by atoms with Gasteiger partial charge in [-0.25, -0.2) is 5.01 Å². The summed E-state index contributed by atoms with van der Waals surface area (Å²) in [6, 6.07) is 3.58. The third-order valence-electron chi connectivity index (χ3n) is 2.43. The van der Waals surface area contributed by atoms with Gasteiger partial charge in [0.05, 0.1) is 12.2 Å². The summed E-state index contributed by atoms with van der Waals surface area (Å²) in [5.41, 5.74) is 6.15. The minimum Gasteiger partial charge on any atom is -0.463 e. The maximum Gasteiger partial charge on any atom is 0.251 e. The zero-order valence-electron chi connectivity index (χ0n) is 8.51. The fraction of sp³-hybridized carbons (Fsp3) is 0.400. The van der Waals surface area contributed by atoms with Crippen LogP contribution in [0.15, 0.2) is 27.9 Å². The Bertz CT molecular complexity index is 383. The van der Waals surface area contributed by atoms with Crippen LogP contribution in [-0.2, 0) is 4.79 Å². The lowest BCUT2D eigenvalue weighted by molar-refractivity contribution is -0.130. The molecule has 1 amide bonds. The van der Waals surface area contributed by atoms with E-state index >= 15 is 0 Å². The number of carbonyl (C=O) groups excluding carboxylic acids is 1. The van der Waals surface area contributed by atoms with Gasteiger partial charge in [-0.05, 0) is 25.1 Å². The molecule has 5 heteroatoms. The maximum absolute atomic E-state index is 11.7. The second-order valence-corrected chi connectivity index (χ2v) is 3.45. The molecule has 0 aromatic carbocycles. The van der Waals surface area contributed by atoms with Gasteiger partial charge in [0.25, 0.3) is 5.91 Å². The van der Waals surface area contributed by atoms with Crippen molar-refractivity contribution in [3.63, 3.8) is 0 Å². The molecule has 0 saturated heterocycles. The van der Waals surface area contributed by atoms with Crippen LogP contribution < -0.4 is 5.73 Å². The fourth-order valence-electron chi connectivity index (χ4n) is 1.70. The van der Waals surface area contributed by atoms with Gasteiger partial charge in [0, 0.05) is 7.05 Å². The molecule has 80 valence electrons. The molecule has 2 rings (SSSR count). The molecule has 0 radical (unpaired) electrons. The molecule has 15 heavy (non-hydrogen) atoms. The van der Waals surface area contributed by atoms with Crippen LogP contribution in [0.2, 0.25) is 0 Å². The molecule has 2 heterocycles. The molecule has 0 bridgehead atoms.